The van der Waals surface area contributed by atoms with Gasteiger partial charge >= 0.3 is 0 Å². The second-order valence-corrected chi connectivity index (χ2v) is 11.0. The van der Waals surface area contributed by atoms with Crippen LogP contribution in [0, 0.1) is 5.92 Å². The van der Waals surface area contributed by atoms with Crippen LogP contribution in [0.3, 0.4) is 0 Å². The van der Waals surface area contributed by atoms with Crippen LogP contribution in [0.2, 0.25) is 0 Å². The van der Waals surface area contributed by atoms with Gasteiger partial charge in [-0.15, -0.1) is 0 Å². The van der Waals surface area contributed by atoms with Gasteiger partial charge < -0.3 is 15.4 Å². The van der Waals surface area contributed by atoms with Crippen molar-refractivity contribution in [3.05, 3.63) is 54.4 Å². The summed E-state index contributed by atoms with van der Waals surface area (Å²) in [5.41, 5.74) is 4.90. The number of rotatable bonds is 7. The number of anilines is 2. The maximum Gasteiger partial charge on any atom is 0.268 e. The Labute approximate surface area is 224 Å². The van der Waals surface area contributed by atoms with E-state index in [1.807, 2.05) is 18.6 Å². The lowest BCUT2D eigenvalue weighted by atomic mass is 9.97. The molecule has 0 saturated carbocycles. The lowest BCUT2D eigenvalue weighted by Crippen LogP contribution is -2.41. The van der Waals surface area contributed by atoms with Gasteiger partial charge in [-0.25, -0.2) is 28.1 Å². The number of amides is 1. The Kier molecular flexibility index (Phi) is 5.48. The minimum atomic E-state index is -4.46. The fourth-order valence-electron chi connectivity index (χ4n) is 4.01. The van der Waals surface area contributed by atoms with Crippen LogP contribution in [0.25, 0.3) is 11.3 Å². The molecule has 0 spiro atoms. The number of nitrogens with two attached hydrogens (primary N) is 1. The summed E-state index contributed by atoms with van der Waals surface area (Å²) in [7, 11) is -4.46. The van der Waals surface area contributed by atoms with Crippen LogP contribution in [-0.4, -0.2) is 47.5 Å². The molecular formula is C26H32N6O4S. The topological polar surface area (TPSA) is 140 Å². The molecule has 0 aliphatic carbocycles. The molecule has 3 N–H and O–H groups in total. The number of nitrogen functional groups attached to an aromatic ring is 1. The smallest absolute Gasteiger partial charge is 0.268 e. The van der Waals surface area contributed by atoms with Gasteiger partial charge in [0.25, 0.3) is 15.9 Å². The van der Waals surface area contributed by atoms with E-state index in [9.17, 15) is 13.2 Å². The van der Waals surface area contributed by atoms with Crippen molar-refractivity contribution in [2.45, 2.75) is 57.5 Å². The van der Waals surface area contributed by atoms with E-state index in [0.717, 1.165) is 0 Å². The summed E-state index contributed by atoms with van der Waals surface area (Å²) >= 11 is 0. The highest BCUT2D eigenvalue weighted by atomic mass is 32.2. The molecule has 1 atom stereocenters. The Morgan fingerprint density at radius 1 is 1.27 bits per heavy atom. The Morgan fingerprint density at radius 3 is 2.68 bits per heavy atom. The van der Waals surface area contributed by atoms with Gasteiger partial charge in [0.15, 0.2) is 0 Å². The molecule has 10 nitrogen and oxygen atoms in total. The van der Waals surface area contributed by atoms with Crippen molar-refractivity contribution in [1.29, 1.82) is 0 Å². The average molecular weight is 530 g/mol. The second kappa shape index (κ2) is 9.97. The molecular weight excluding hydrogens is 492 g/mol. The fraction of sp³-hybridized carbons (Fsp3) is 0.385. The van der Waals surface area contributed by atoms with Crippen molar-refractivity contribution in [3.8, 4) is 17.1 Å². The first-order valence-corrected chi connectivity index (χ1v) is 13.0. The monoisotopic (exact) mass is 529 g/mol. The molecule has 37 heavy (non-hydrogen) atoms. The molecule has 3 aromatic heterocycles. The Bertz CT molecular complexity index is 1600. The van der Waals surface area contributed by atoms with Crippen molar-refractivity contribution >= 4 is 27.6 Å². The summed E-state index contributed by atoms with van der Waals surface area (Å²) < 4.78 is 75.1. The van der Waals surface area contributed by atoms with E-state index < -0.39 is 45.5 Å². The van der Waals surface area contributed by atoms with Crippen LogP contribution in [-0.2, 0) is 10.0 Å². The van der Waals surface area contributed by atoms with E-state index >= 15 is 0 Å². The van der Waals surface area contributed by atoms with Crippen LogP contribution in [0.15, 0.2) is 53.7 Å². The number of aromatic nitrogens is 3. The molecule has 4 rings (SSSR count). The van der Waals surface area contributed by atoms with Gasteiger partial charge in [0, 0.05) is 43.0 Å². The molecule has 0 radical (unpaired) electrons. The highest BCUT2D eigenvalue weighted by molar-refractivity contribution is 7.90. The maximum absolute atomic E-state index is 13.5. The highest BCUT2D eigenvalue weighted by Gasteiger charge is 2.39. The molecule has 0 bridgehead atoms. The van der Waals surface area contributed by atoms with Crippen molar-refractivity contribution in [1.82, 2.24) is 19.7 Å². The van der Waals surface area contributed by atoms with Crippen LogP contribution >= 0.6 is 0 Å². The standard InChI is InChI=1S/C26H32N6O4S/c1-16(2)36-22-11-8-18(14-29-22)20-10-9-19(24(30-20)32-15-17(3)13-26(32,4)5)25(33)31-37(34,35)21-7-6-12-28-23(21)27/h6-12,14,16-17H,13,15H2,1-5H3,(H2,27,28)(H,31,33)/t17-/m0/s1/i3D3,13D2. The van der Waals surface area contributed by atoms with E-state index in [4.69, 9.17) is 17.3 Å². The molecule has 1 aliphatic rings. The summed E-state index contributed by atoms with van der Waals surface area (Å²) in [4.78, 5) is 27.2. The SMILES string of the molecule is [2H]C([2H])([2H])[C@@H]1CN(c2nc(-c3ccc(OC(C)C)nc3)ccc2C(=O)NS(=O)(=O)c2cccnc2N)C(C)(C)C1([2H])[2H]. The molecule has 196 valence electrons. The number of pyridine rings is 3. The summed E-state index contributed by atoms with van der Waals surface area (Å²) in [5, 5.41) is 0. The molecule has 3 aromatic rings. The predicted octanol–water partition coefficient (Wildman–Crippen LogP) is 3.65. The lowest BCUT2D eigenvalue weighted by molar-refractivity contribution is 0.0981. The van der Waals surface area contributed by atoms with Crippen LogP contribution in [0.4, 0.5) is 11.6 Å². The third-order valence-electron chi connectivity index (χ3n) is 5.65. The number of ether oxygens (including phenoxy) is 1. The Hall–Kier alpha value is -3.73. The fourth-order valence-corrected chi connectivity index (χ4v) is 5.06. The molecule has 4 heterocycles. The minimum Gasteiger partial charge on any atom is -0.475 e. The minimum absolute atomic E-state index is 0.0947. The van der Waals surface area contributed by atoms with Gasteiger partial charge in [-0.2, -0.15) is 0 Å². The number of carbonyl (C=O) groups is 1. The first-order chi connectivity index (χ1) is 19.4. The average Bonchev–Trinajstić information content (AvgIpc) is 3.07. The summed E-state index contributed by atoms with van der Waals surface area (Å²) in [5.74, 6) is -2.51. The van der Waals surface area contributed by atoms with Crippen molar-refractivity contribution in [2.24, 2.45) is 5.92 Å². The van der Waals surface area contributed by atoms with Crippen LogP contribution < -0.4 is 20.1 Å². The van der Waals surface area contributed by atoms with Gasteiger partial charge in [-0.1, -0.05) is 6.85 Å². The van der Waals surface area contributed by atoms with Gasteiger partial charge in [-0.3, -0.25) is 4.79 Å². The molecule has 1 amide bonds. The van der Waals surface area contributed by atoms with Crippen LogP contribution in [0.1, 0.15) is 58.1 Å². The number of nitrogens with one attached hydrogen (secondary N) is 1. The number of carbonyl (C=O) groups excluding carboxylic acids is 1. The van der Waals surface area contributed by atoms with E-state index in [0.29, 0.717) is 17.1 Å². The third kappa shape index (κ3) is 5.66. The maximum atomic E-state index is 13.5. The summed E-state index contributed by atoms with van der Waals surface area (Å²) in [6.07, 6.45) is 0.483. The van der Waals surface area contributed by atoms with E-state index in [-0.39, 0.29) is 29.8 Å². The molecule has 0 unspecified atom stereocenters. The molecule has 11 heteroatoms. The van der Waals surface area contributed by atoms with E-state index in [1.165, 1.54) is 55.4 Å². The number of hydrogen-bond acceptors (Lipinski definition) is 9. The van der Waals surface area contributed by atoms with Gasteiger partial charge in [0.1, 0.15) is 16.5 Å². The second-order valence-electron chi connectivity index (χ2n) is 9.31. The normalized spacial score (nSPS) is 20.8. The predicted molar refractivity (Wildman–Crippen MR) is 142 cm³/mol. The largest absolute Gasteiger partial charge is 0.475 e. The number of sulfonamides is 1. The van der Waals surface area contributed by atoms with E-state index in [1.54, 1.807) is 12.1 Å². The van der Waals surface area contributed by atoms with Crippen molar-refractivity contribution < 1.29 is 24.8 Å². The van der Waals surface area contributed by atoms with Gasteiger partial charge in [0.05, 0.1) is 17.4 Å². The quantitative estimate of drug-likeness (QED) is 0.469. The molecule has 0 aromatic carbocycles. The van der Waals surface area contributed by atoms with E-state index in [2.05, 4.69) is 15.0 Å². The number of nitrogens with zero attached hydrogens (tertiary/aromatic N) is 4. The zero-order valence-corrected chi connectivity index (χ0v) is 21.7. The van der Waals surface area contributed by atoms with Gasteiger partial charge in [0.2, 0.25) is 5.88 Å². The first-order valence-electron chi connectivity index (χ1n) is 14.1. The summed E-state index contributed by atoms with van der Waals surface area (Å²) in [6.45, 7) is 3.78. The number of hydrogen-bond donors (Lipinski definition) is 2. The molecule has 1 saturated heterocycles. The zero-order chi connectivity index (χ0) is 31.3. The zero-order valence-electron chi connectivity index (χ0n) is 25.9. The first kappa shape index (κ1) is 20.3. The van der Waals surface area contributed by atoms with Gasteiger partial charge in [-0.05, 0) is 70.3 Å². The molecule has 1 aliphatic heterocycles. The third-order valence-corrected chi connectivity index (χ3v) is 7.03. The van der Waals surface area contributed by atoms with Crippen LogP contribution in [0.5, 0.6) is 5.88 Å². The van der Waals surface area contributed by atoms with Crippen molar-refractivity contribution in [2.75, 3.05) is 17.2 Å². The Balaban J connectivity index is 1.83. The van der Waals surface area contributed by atoms with Crippen molar-refractivity contribution in [3.63, 3.8) is 0 Å². The molecule has 1 fully saturated rings. The Morgan fingerprint density at radius 2 is 2.05 bits per heavy atom. The summed E-state index contributed by atoms with van der Waals surface area (Å²) in [6, 6.07) is 8.73. The highest BCUT2D eigenvalue weighted by Crippen LogP contribution is 2.38. The lowest BCUT2D eigenvalue weighted by Gasteiger charge is -2.34.